The molecule has 180 valence electrons. The number of amides is 2. The van der Waals surface area contributed by atoms with E-state index in [9.17, 15) is 18.8 Å². The Balaban J connectivity index is 1.06. The van der Waals surface area contributed by atoms with E-state index < -0.39 is 6.09 Å². The van der Waals surface area contributed by atoms with Gasteiger partial charge in [0, 0.05) is 41.2 Å². The fourth-order valence-electron chi connectivity index (χ4n) is 5.11. The highest BCUT2D eigenvalue weighted by Gasteiger charge is 2.33. The number of aromatic nitrogens is 1. The number of ether oxygens (including phenoxy) is 1. The molecule has 1 aromatic heterocycles. The van der Waals surface area contributed by atoms with Crippen molar-refractivity contribution in [3.63, 3.8) is 0 Å². The first-order chi connectivity index (χ1) is 17.0. The normalized spacial score (nSPS) is 20.8. The van der Waals surface area contributed by atoms with Gasteiger partial charge in [-0.05, 0) is 54.8 Å². The highest BCUT2D eigenvalue weighted by atomic mass is 32.2. The molecule has 0 radical (unpaired) electrons. The summed E-state index contributed by atoms with van der Waals surface area (Å²) in [6.07, 6.45) is -0.0887. The van der Waals surface area contributed by atoms with Gasteiger partial charge < -0.3 is 19.9 Å². The molecule has 8 nitrogen and oxygen atoms in total. The van der Waals surface area contributed by atoms with Gasteiger partial charge in [-0.2, -0.15) is 0 Å². The van der Waals surface area contributed by atoms with Crippen molar-refractivity contribution in [3.05, 3.63) is 64.2 Å². The minimum absolute atomic E-state index is 0.0565. The Kier molecular flexibility index (Phi) is 5.49. The number of nitrogens with zero attached hydrogens (tertiary/aromatic N) is 2. The number of carbonyl (C=O) groups is 2. The topological polar surface area (TPSA) is 92.7 Å². The van der Waals surface area contributed by atoms with Gasteiger partial charge in [0.25, 0.3) is 5.56 Å². The molecule has 10 heteroatoms. The number of anilines is 2. The van der Waals surface area contributed by atoms with E-state index in [1.807, 2.05) is 12.1 Å². The number of nitrogens with one attached hydrogen (secondary N) is 2. The summed E-state index contributed by atoms with van der Waals surface area (Å²) < 4.78 is 21.8. The fraction of sp³-hybridized carbons (Fsp3) is 0.320. The van der Waals surface area contributed by atoms with Crippen LogP contribution in [0, 0.1) is 5.82 Å². The molecular weight excluding hydrogens is 471 g/mol. The minimum Gasteiger partial charge on any atom is -0.444 e. The maximum absolute atomic E-state index is 14.6. The molecule has 3 aromatic rings. The van der Waals surface area contributed by atoms with Crippen LogP contribution >= 0.6 is 11.8 Å². The molecule has 6 rings (SSSR count). The van der Waals surface area contributed by atoms with Crippen LogP contribution < -0.4 is 21.1 Å². The van der Waals surface area contributed by atoms with E-state index in [1.54, 1.807) is 27.7 Å². The molecule has 3 aliphatic rings. The first-order valence-electron chi connectivity index (χ1n) is 11.6. The molecule has 0 saturated carbocycles. The van der Waals surface area contributed by atoms with E-state index in [-0.39, 0.29) is 29.3 Å². The number of carbonyl (C=O) groups excluding carboxylic acids is 2. The van der Waals surface area contributed by atoms with Crippen LogP contribution in [0.1, 0.15) is 17.9 Å². The van der Waals surface area contributed by atoms with Gasteiger partial charge >= 0.3 is 6.09 Å². The zero-order chi connectivity index (χ0) is 24.1. The standard InChI is InChI=1S/C25H23FN4O4S/c26-18-4-1-14-2-6-22(32)30-11-15(23(18)24(14)30)10-27-8-7-17-12-29(25(33)34-17)16-3-5-20-19(9-16)28-21(31)13-35-20/h1-6,9,15,17,27H,7-8,10-13H2,(H,28,31)/t15?,17-/m0/s1. The third kappa shape index (κ3) is 3.96. The Bertz CT molecular complexity index is 1420. The lowest BCUT2D eigenvalue weighted by molar-refractivity contribution is -0.113. The molecule has 4 heterocycles. The molecule has 0 aliphatic carbocycles. The SMILES string of the molecule is O=C1CSc2ccc(N3C[C@H](CCNCC4Cn5c(=O)ccc6ccc(F)c4c65)OC3=O)cc2N1. The number of rotatable bonds is 6. The van der Waals surface area contributed by atoms with Crippen LogP contribution in [0.25, 0.3) is 10.9 Å². The third-order valence-electron chi connectivity index (χ3n) is 6.76. The van der Waals surface area contributed by atoms with Crippen LogP contribution in [0.15, 0.2) is 52.2 Å². The van der Waals surface area contributed by atoms with Crippen LogP contribution in [-0.4, -0.2) is 48.1 Å². The van der Waals surface area contributed by atoms with E-state index in [0.29, 0.717) is 60.8 Å². The summed E-state index contributed by atoms with van der Waals surface area (Å²) >= 11 is 1.47. The molecule has 2 amide bonds. The quantitative estimate of drug-likeness (QED) is 0.511. The van der Waals surface area contributed by atoms with Gasteiger partial charge in [0.15, 0.2) is 0 Å². The van der Waals surface area contributed by atoms with Crippen LogP contribution in [0.4, 0.5) is 20.6 Å². The zero-order valence-electron chi connectivity index (χ0n) is 18.8. The Morgan fingerprint density at radius 3 is 2.86 bits per heavy atom. The number of benzene rings is 2. The highest BCUT2D eigenvalue weighted by Crippen LogP contribution is 2.36. The third-order valence-corrected chi connectivity index (χ3v) is 7.84. The lowest BCUT2D eigenvalue weighted by Crippen LogP contribution is -2.29. The summed E-state index contributed by atoms with van der Waals surface area (Å²) in [5.41, 5.74) is 2.55. The number of pyridine rings is 1. The second-order valence-corrected chi connectivity index (χ2v) is 10.0. The molecular formula is C25H23FN4O4S. The summed E-state index contributed by atoms with van der Waals surface area (Å²) in [5, 5.41) is 7.06. The van der Waals surface area contributed by atoms with Crippen LogP contribution in [0.2, 0.25) is 0 Å². The molecule has 1 fully saturated rings. The van der Waals surface area contributed by atoms with Crippen molar-refractivity contribution in [1.29, 1.82) is 0 Å². The first-order valence-corrected chi connectivity index (χ1v) is 12.5. The molecule has 1 saturated heterocycles. The average molecular weight is 495 g/mol. The van der Waals surface area contributed by atoms with Gasteiger partial charge in [-0.15, -0.1) is 11.8 Å². The van der Waals surface area contributed by atoms with Crippen molar-refractivity contribution in [3.8, 4) is 0 Å². The average Bonchev–Trinajstić information content (AvgIpc) is 3.42. The van der Waals surface area contributed by atoms with E-state index >= 15 is 0 Å². The summed E-state index contributed by atoms with van der Waals surface area (Å²) in [5.74, 6) is -0.0985. The molecule has 2 N–H and O–H groups in total. The number of fused-ring (bicyclic) bond motifs is 1. The van der Waals surface area contributed by atoms with Crippen LogP contribution in [0.5, 0.6) is 0 Å². The van der Waals surface area contributed by atoms with Gasteiger partial charge in [-0.25, -0.2) is 9.18 Å². The Labute approximate surface area is 204 Å². The van der Waals surface area contributed by atoms with Crippen molar-refractivity contribution in [2.75, 3.05) is 35.6 Å². The number of cyclic esters (lactones) is 1. The smallest absolute Gasteiger partial charge is 0.414 e. The number of hydrogen-bond donors (Lipinski definition) is 2. The number of halogens is 1. The first kappa shape index (κ1) is 22.1. The predicted octanol–water partition coefficient (Wildman–Crippen LogP) is 3.29. The molecule has 35 heavy (non-hydrogen) atoms. The Hall–Kier alpha value is -3.37. The molecule has 2 atom stereocenters. The zero-order valence-corrected chi connectivity index (χ0v) is 19.6. The van der Waals surface area contributed by atoms with Crippen molar-refractivity contribution >= 4 is 46.0 Å². The second kappa shape index (κ2) is 8.69. The van der Waals surface area contributed by atoms with E-state index in [2.05, 4.69) is 10.6 Å². The summed E-state index contributed by atoms with van der Waals surface area (Å²) in [4.78, 5) is 39.0. The number of hydrogen-bond acceptors (Lipinski definition) is 6. The van der Waals surface area contributed by atoms with Crippen LogP contribution in [0.3, 0.4) is 0 Å². The maximum Gasteiger partial charge on any atom is 0.414 e. The van der Waals surface area contributed by atoms with Crippen LogP contribution in [-0.2, 0) is 16.1 Å². The molecule has 2 aromatic carbocycles. The molecule has 3 aliphatic heterocycles. The Morgan fingerprint density at radius 2 is 1.97 bits per heavy atom. The van der Waals surface area contributed by atoms with Gasteiger partial charge in [-0.3, -0.25) is 14.5 Å². The second-order valence-electron chi connectivity index (χ2n) is 9.00. The molecule has 0 spiro atoms. The monoisotopic (exact) mass is 494 g/mol. The van der Waals surface area contributed by atoms with E-state index in [4.69, 9.17) is 4.74 Å². The highest BCUT2D eigenvalue weighted by molar-refractivity contribution is 8.00. The van der Waals surface area contributed by atoms with Gasteiger partial charge in [0.05, 0.1) is 23.5 Å². The van der Waals surface area contributed by atoms with Crippen molar-refractivity contribution in [2.45, 2.75) is 29.9 Å². The van der Waals surface area contributed by atoms with E-state index in [1.165, 1.54) is 23.9 Å². The predicted molar refractivity (Wildman–Crippen MR) is 132 cm³/mol. The number of thioether (sulfide) groups is 1. The molecule has 0 bridgehead atoms. The maximum atomic E-state index is 14.6. The lowest BCUT2D eigenvalue weighted by Gasteiger charge is -2.20. The summed E-state index contributed by atoms with van der Waals surface area (Å²) in [7, 11) is 0. The largest absolute Gasteiger partial charge is 0.444 e. The van der Waals surface area contributed by atoms with Gasteiger partial charge in [0.2, 0.25) is 5.91 Å². The van der Waals surface area contributed by atoms with Crippen molar-refractivity contribution < 1.29 is 18.7 Å². The fourth-order valence-corrected chi connectivity index (χ4v) is 5.89. The van der Waals surface area contributed by atoms with Crippen molar-refractivity contribution in [1.82, 2.24) is 9.88 Å². The van der Waals surface area contributed by atoms with E-state index in [0.717, 1.165) is 10.3 Å². The minimum atomic E-state index is -0.413. The summed E-state index contributed by atoms with van der Waals surface area (Å²) in [6, 6.07) is 12.0. The van der Waals surface area contributed by atoms with Gasteiger partial charge in [0.1, 0.15) is 11.9 Å². The van der Waals surface area contributed by atoms with Crippen molar-refractivity contribution in [2.24, 2.45) is 0 Å². The summed E-state index contributed by atoms with van der Waals surface area (Å²) in [6.45, 7) is 1.96. The molecule has 1 unspecified atom stereocenters. The Morgan fingerprint density at radius 1 is 1.11 bits per heavy atom. The van der Waals surface area contributed by atoms with Gasteiger partial charge in [-0.1, -0.05) is 0 Å². The lowest BCUT2D eigenvalue weighted by atomic mass is 9.99.